The fourth-order valence-electron chi connectivity index (χ4n) is 3.41. The molecule has 1 aliphatic heterocycles. The topological polar surface area (TPSA) is 108 Å². The van der Waals surface area contributed by atoms with E-state index in [1.54, 1.807) is 6.92 Å². The zero-order valence-corrected chi connectivity index (χ0v) is 15.6. The molecule has 27 heavy (non-hydrogen) atoms. The van der Waals surface area contributed by atoms with Gasteiger partial charge in [0.1, 0.15) is 17.8 Å². The largest absolute Gasteiger partial charge is 0.461 e. The molecular formula is C18H24N4O5. The SMILES string of the molecule is CCOC(=O)c1noc2ncn([C@@H](CC)C(=O)N3CCCCCC3)c(=O)c12. The number of hydrogen-bond acceptors (Lipinski definition) is 7. The van der Waals surface area contributed by atoms with Gasteiger partial charge in [-0.2, -0.15) is 0 Å². The Hall–Kier alpha value is -2.71. The van der Waals surface area contributed by atoms with Crippen LogP contribution in [0.15, 0.2) is 15.6 Å². The van der Waals surface area contributed by atoms with E-state index in [1.807, 2.05) is 11.8 Å². The first kappa shape index (κ1) is 19.1. The van der Waals surface area contributed by atoms with E-state index in [4.69, 9.17) is 9.26 Å². The van der Waals surface area contributed by atoms with Gasteiger partial charge in [0.15, 0.2) is 0 Å². The Morgan fingerprint density at radius 2 is 1.93 bits per heavy atom. The van der Waals surface area contributed by atoms with Gasteiger partial charge in [0, 0.05) is 13.1 Å². The van der Waals surface area contributed by atoms with Crippen LogP contribution >= 0.6 is 0 Å². The van der Waals surface area contributed by atoms with Crippen molar-refractivity contribution in [1.29, 1.82) is 0 Å². The van der Waals surface area contributed by atoms with E-state index in [-0.39, 0.29) is 29.3 Å². The molecule has 9 nitrogen and oxygen atoms in total. The standard InChI is InChI=1S/C18H24N4O5/c1-3-12(16(23)21-9-7-5-6-8-10-21)22-11-19-15-13(17(22)24)14(20-27-15)18(25)26-4-2/h11-12H,3-10H2,1-2H3/t12-/m0/s1. The Bertz CT molecular complexity index is 879. The number of nitrogens with zero attached hydrogens (tertiary/aromatic N) is 4. The maximum Gasteiger partial charge on any atom is 0.361 e. The molecule has 1 fully saturated rings. The molecule has 0 N–H and O–H groups in total. The van der Waals surface area contributed by atoms with Crippen molar-refractivity contribution >= 4 is 23.0 Å². The fraction of sp³-hybridized carbons (Fsp3) is 0.611. The summed E-state index contributed by atoms with van der Waals surface area (Å²) in [5.41, 5.74) is -0.786. The number of amides is 1. The molecule has 146 valence electrons. The number of hydrogen-bond donors (Lipinski definition) is 0. The summed E-state index contributed by atoms with van der Waals surface area (Å²) < 4.78 is 11.2. The second-order valence-corrected chi connectivity index (χ2v) is 6.55. The Kier molecular flexibility index (Phi) is 5.88. The molecule has 0 aromatic carbocycles. The lowest BCUT2D eigenvalue weighted by atomic mass is 10.1. The quantitative estimate of drug-likeness (QED) is 0.734. The van der Waals surface area contributed by atoms with E-state index in [9.17, 15) is 14.4 Å². The van der Waals surface area contributed by atoms with Gasteiger partial charge in [0.2, 0.25) is 11.6 Å². The molecule has 0 spiro atoms. The normalized spacial score (nSPS) is 16.1. The first-order valence-corrected chi connectivity index (χ1v) is 9.40. The van der Waals surface area contributed by atoms with Gasteiger partial charge in [-0.1, -0.05) is 24.9 Å². The number of carbonyl (C=O) groups is 2. The van der Waals surface area contributed by atoms with E-state index in [2.05, 4.69) is 10.1 Å². The van der Waals surface area contributed by atoms with Crippen LogP contribution in [0.1, 0.15) is 62.5 Å². The lowest BCUT2D eigenvalue weighted by Crippen LogP contribution is -2.41. The highest BCUT2D eigenvalue weighted by Gasteiger charge is 2.29. The van der Waals surface area contributed by atoms with E-state index >= 15 is 0 Å². The van der Waals surface area contributed by atoms with E-state index in [0.717, 1.165) is 25.7 Å². The third kappa shape index (κ3) is 3.72. The van der Waals surface area contributed by atoms with Crippen molar-refractivity contribution in [3.8, 4) is 0 Å². The molecular weight excluding hydrogens is 352 g/mol. The Balaban J connectivity index is 2.00. The van der Waals surface area contributed by atoms with Crippen LogP contribution in [0.4, 0.5) is 0 Å². The number of aromatic nitrogens is 3. The predicted molar refractivity (Wildman–Crippen MR) is 96.4 cm³/mol. The molecule has 0 aliphatic carbocycles. The number of fused-ring (bicyclic) bond motifs is 1. The highest BCUT2D eigenvalue weighted by atomic mass is 16.5. The molecule has 1 amide bonds. The smallest absolute Gasteiger partial charge is 0.361 e. The zero-order chi connectivity index (χ0) is 19.4. The lowest BCUT2D eigenvalue weighted by molar-refractivity contribution is -0.135. The van der Waals surface area contributed by atoms with Gasteiger partial charge in [-0.3, -0.25) is 14.2 Å². The van der Waals surface area contributed by atoms with Crippen molar-refractivity contribution < 1.29 is 18.8 Å². The Morgan fingerprint density at radius 1 is 1.22 bits per heavy atom. The van der Waals surface area contributed by atoms with Crippen molar-refractivity contribution in [2.45, 2.75) is 52.0 Å². The maximum absolute atomic E-state index is 13.0. The minimum absolute atomic E-state index is 0.0450. The van der Waals surface area contributed by atoms with Crippen LogP contribution in [0, 0.1) is 0 Å². The van der Waals surface area contributed by atoms with Crippen molar-refractivity contribution in [1.82, 2.24) is 19.6 Å². The molecule has 2 aromatic rings. The summed E-state index contributed by atoms with van der Waals surface area (Å²) in [5.74, 6) is -0.850. The van der Waals surface area contributed by atoms with Gasteiger partial charge in [-0.05, 0) is 26.2 Å². The molecule has 2 aromatic heterocycles. The summed E-state index contributed by atoms with van der Waals surface area (Å²) in [7, 11) is 0. The van der Waals surface area contributed by atoms with E-state index in [0.29, 0.717) is 19.5 Å². The van der Waals surface area contributed by atoms with Gasteiger partial charge >= 0.3 is 5.97 Å². The van der Waals surface area contributed by atoms with Crippen LogP contribution < -0.4 is 5.56 Å². The number of ether oxygens (including phenoxy) is 1. The minimum atomic E-state index is -0.750. The predicted octanol–water partition coefficient (Wildman–Crippen LogP) is 1.91. The second kappa shape index (κ2) is 8.32. The summed E-state index contributed by atoms with van der Waals surface area (Å²) in [6, 6.07) is -0.683. The minimum Gasteiger partial charge on any atom is -0.461 e. The van der Waals surface area contributed by atoms with Crippen LogP contribution in [0.2, 0.25) is 0 Å². The molecule has 1 saturated heterocycles. The highest BCUT2D eigenvalue weighted by molar-refractivity contribution is 5.99. The van der Waals surface area contributed by atoms with E-state index < -0.39 is 17.6 Å². The molecule has 0 saturated carbocycles. The van der Waals surface area contributed by atoms with Crippen LogP contribution in [0.5, 0.6) is 0 Å². The highest BCUT2D eigenvalue weighted by Crippen LogP contribution is 2.19. The molecule has 3 heterocycles. The summed E-state index contributed by atoms with van der Waals surface area (Å²) in [6.07, 6.45) is 5.87. The first-order chi connectivity index (χ1) is 13.1. The van der Waals surface area contributed by atoms with Crippen LogP contribution in [-0.2, 0) is 9.53 Å². The van der Waals surface area contributed by atoms with Crippen LogP contribution in [0.3, 0.4) is 0 Å². The first-order valence-electron chi connectivity index (χ1n) is 9.40. The summed E-state index contributed by atoms with van der Waals surface area (Å²) in [5, 5.41) is 3.57. The van der Waals surface area contributed by atoms with Crippen molar-refractivity contribution in [2.24, 2.45) is 0 Å². The monoisotopic (exact) mass is 376 g/mol. The summed E-state index contributed by atoms with van der Waals surface area (Å²) in [6.45, 7) is 5.04. The number of rotatable bonds is 5. The number of esters is 1. The molecule has 9 heteroatoms. The number of likely N-dealkylation sites (tertiary alicyclic amines) is 1. The average molecular weight is 376 g/mol. The van der Waals surface area contributed by atoms with Gasteiger partial charge in [-0.25, -0.2) is 9.78 Å². The number of carbonyl (C=O) groups excluding carboxylic acids is 2. The van der Waals surface area contributed by atoms with Gasteiger partial charge in [-0.15, -0.1) is 0 Å². The van der Waals surface area contributed by atoms with Gasteiger partial charge in [0.05, 0.1) is 6.61 Å². The van der Waals surface area contributed by atoms with Crippen LogP contribution in [-0.4, -0.2) is 51.2 Å². The Labute approximate surface area is 156 Å². The molecule has 0 unspecified atom stereocenters. The van der Waals surface area contributed by atoms with Crippen molar-refractivity contribution in [3.05, 3.63) is 22.4 Å². The van der Waals surface area contributed by atoms with Crippen LogP contribution in [0.25, 0.3) is 11.1 Å². The molecule has 0 bridgehead atoms. The molecule has 1 aliphatic rings. The third-order valence-electron chi connectivity index (χ3n) is 4.82. The summed E-state index contributed by atoms with van der Waals surface area (Å²) >= 11 is 0. The van der Waals surface area contributed by atoms with Crippen molar-refractivity contribution in [2.75, 3.05) is 19.7 Å². The molecule has 1 atom stereocenters. The third-order valence-corrected chi connectivity index (χ3v) is 4.82. The maximum atomic E-state index is 13.0. The Morgan fingerprint density at radius 3 is 2.56 bits per heavy atom. The van der Waals surface area contributed by atoms with Crippen molar-refractivity contribution in [3.63, 3.8) is 0 Å². The molecule has 3 rings (SSSR count). The van der Waals surface area contributed by atoms with Gasteiger partial charge in [0.25, 0.3) is 11.3 Å². The fourth-order valence-corrected chi connectivity index (χ4v) is 3.41. The second-order valence-electron chi connectivity index (χ2n) is 6.55. The zero-order valence-electron chi connectivity index (χ0n) is 15.6. The van der Waals surface area contributed by atoms with Gasteiger partial charge < -0.3 is 14.2 Å². The molecule has 0 radical (unpaired) electrons. The van der Waals surface area contributed by atoms with E-state index in [1.165, 1.54) is 10.9 Å². The lowest BCUT2D eigenvalue weighted by Gasteiger charge is -2.26. The average Bonchev–Trinajstić information content (AvgIpc) is 2.91. The summed E-state index contributed by atoms with van der Waals surface area (Å²) in [4.78, 5) is 44.0.